The maximum absolute atomic E-state index is 9.65. The highest BCUT2D eigenvalue weighted by molar-refractivity contribution is 6.30. The molecule has 0 aromatic heterocycles. The second-order valence-electron chi connectivity index (χ2n) is 2.88. The van der Waals surface area contributed by atoms with Crippen molar-refractivity contribution in [2.45, 2.75) is 12.5 Å². The van der Waals surface area contributed by atoms with E-state index in [9.17, 15) is 10.2 Å². The van der Waals surface area contributed by atoms with Gasteiger partial charge in [-0.25, -0.2) is 0 Å². The van der Waals surface area contributed by atoms with Crippen molar-refractivity contribution in [1.29, 1.82) is 0 Å². The maximum atomic E-state index is 9.65. The Balaban J connectivity index is 3.30. The molecule has 1 aromatic carbocycles. The lowest BCUT2D eigenvalue weighted by molar-refractivity contribution is 0.119. The zero-order valence-electron chi connectivity index (χ0n) is 7.08. The van der Waals surface area contributed by atoms with Crippen molar-refractivity contribution in [2.75, 3.05) is 0 Å². The van der Waals surface area contributed by atoms with Crippen molar-refractivity contribution in [2.24, 2.45) is 0 Å². The van der Waals surface area contributed by atoms with Crippen LogP contribution in [0.25, 0.3) is 0 Å². The van der Waals surface area contributed by atoms with E-state index in [-0.39, 0.29) is 11.3 Å². The van der Waals surface area contributed by atoms with Gasteiger partial charge in [0.15, 0.2) is 5.60 Å². The minimum Gasteiger partial charge on any atom is -0.508 e. The van der Waals surface area contributed by atoms with Gasteiger partial charge >= 0.3 is 0 Å². The van der Waals surface area contributed by atoms with Crippen molar-refractivity contribution in [3.8, 4) is 18.1 Å². The van der Waals surface area contributed by atoms with E-state index in [0.29, 0.717) is 5.02 Å². The van der Waals surface area contributed by atoms with Crippen LogP contribution in [0.3, 0.4) is 0 Å². The van der Waals surface area contributed by atoms with Gasteiger partial charge in [0.1, 0.15) is 5.75 Å². The molecule has 0 fully saturated rings. The third kappa shape index (κ3) is 1.95. The van der Waals surface area contributed by atoms with Gasteiger partial charge in [0, 0.05) is 10.6 Å². The lowest BCUT2D eigenvalue weighted by atomic mass is 9.96. The summed E-state index contributed by atoms with van der Waals surface area (Å²) in [6, 6.07) is 4.35. The summed E-state index contributed by atoms with van der Waals surface area (Å²) >= 11 is 5.69. The van der Waals surface area contributed by atoms with Crippen molar-refractivity contribution in [3.05, 3.63) is 28.8 Å². The Morgan fingerprint density at radius 3 is 2.69 bits per heavy atom. The minimum absolute atomic E-state index is 0.0626. The van der Waals surface area contributed by atoms with Crippen LogP contribution in [0.1, 0.15) is 12.5 Å². The molecule has 1 rings (SSSR count). The van der Waals surface area contributed by atoms with Gasteiger partial charge in [-0.2, -0.15) is 0 Å². The molecule has 0 saturated carbocycles. The molecule has 3 heteroatoms. The molecule has 13 heavy (non-hydrogen) atoms. The lowest BCUT2D eigenvalue weighted by Crippen LogP contribution is -2.18. The molecule has 68 valence electrons. The van der Waals surface area contributed by atoms with Crippen molar-refractivity contribution in [3.63, 3.8) is 0 Å². The Hall–Kier alpha value is -1.17. The number of benzene rings is 1. The second-order valence-corrected chi connectivity index (χ2v) is 3.31. The Bertz CT molecular complexity index is 364. The fourth-order valence-corrected chi connectivity index (χ4v) is 1.15. The molecule has 0 amide bonds. The van der Waals surface area contributed by atoms with Gasteiger partial charge in [-0.15, -0.1) is 6.42 Å². The Morgan fingerprint density at radius 2 is 2.15 bits per heavy atom. The fraction of sp³-hybridized carbons (Fsp3) is 0.200. The average molecular weight is 197 g/mol. The topological polar surface area (TPSA) is 40.5 Å². The summed E-state index contributed by atoms with van der Waals surface area (Å²) in [7, 11) is 0. The number of aromatic hydroxyl groups is 1. The summed E-state index contributed by atoms with van der Waals surface area (Å²) in [5.74, 6) is 2.10. The smallest absolute Gasteiger partial charge is 0.151 e. The number of aliphatic hydroxyl groups is 1. The predicted molar refractivity (Wildman–Crippen MR) is 51.5 cm³/mol. The number of rotatable bonds is 1. The van der Waals surface area contributed by atoms with Gasteiger partial charge in [-0.1, -0.05) is 17.5 Å². The molecule has 0 heterocycles. The van der Waals surface area contributed by atoms with Gasteiger partial charge in [-0.3, -0.25) is 0 Å². The molecule has 0 aliphatic rings. The number of terminal acetylenes is 1. The van der Waals surface area contributed by atoms with Crippen molar-refractivity contribution >= 4 is 11.6 Å². The number of hydrogen-bond donors (Lipinski definition) is 2. The van der Waals surface area contributed by atoms with Crippen LogP contribution in [-0.4, -0.2) is 10.2 Å². The lowest BCUT2D eigenvalue weighted by Gasteiger charge is -2.17. The highest BCUT2D eigenvalue weighted by Crippen LogP contribution is 2.30. The molecule has 0 spiro atoms. The molecule has 0 saturated heterocycles. The van der Waals surface area contributed by atoms with E-state index in [1.54, 1.807) is 0 Å². The van der Waals surface area contributed by atoms with Gasteiger partial charge in [0.2, 0.25) is 0 Å². The van der Waals surface area contributed by atoms with Crippen LogP contribution >= 0.6 is 11.6 Å². The highest BCUT2D eigenvalue weighted by atomic mass is 35.5. The third-order valence-electron chi connectivity index (χ3n) is 1.76. The first-order valence-electron chi connectivity index (χ1n) is 3.66. The molecular weight excluding hydrogens is 188 g/mol. The van der Waals surface area contributed by atoms with E-state index >= 15 is 0 Å². The summed E-state index contributed by atoms with van der Waals surface area (Å²) in [5.41, 5.74) is -1.25. The number of hydrogen-bond acceptors (Lipinski definition) is 2. The molecule has 0 radical (unpaired) electrons. The highest BCUT2D eigenvalue weighted by Gasteiger charge is 2.23. The quantitative estimate of drug-likeness (QED) is 0.674. The van der Waals surface area contributed by atoms with Crippen LogP contribution in [-0.2, 0) is 5.60 Å². The van der Waals surface area contributed by atoms with Crippen LogP contribution in [0.5, 0.6) is 5.75 Å². The second kappa shape index (κ2) is 3.29. The summed E-state index contributed by atoms with van der Waals surface area (Å²) in [6.45, 7) is 1.42. The van der Waals surface area contributed by atoms with E-state index < -0.39 is 5.60 Å². The molecule has 2 nitrogen and oxygen atoms in total. The molecule has 1 atom stereocenters. The van der Waals surface area contributed by atoms with Crippen LogP contribution in [0, 0.1) is 12.3 Å². The predicted octanol–water partition coefficient (Wildman–Crippen LogP) is 1.89. The average Bonchev–Trinajstić information content (AvgIpc) is 2.09. The first-order valence-corrected chi connectivity index (χ1v) is 4.04. The number of halogens is 1. The maximum Gasteiger partial charge on any atom is 0.151 e. The molecule has 1 unspecified atom stereocenters. The van der Waals surface area contributed by atoms with Crippen LogP contribution < -0.4 is 0 Å². The fourth-order valence-electron chi connectivity index (χ4n) is 0.976. The van der Waals surface area contributed by atoms with Gasteiger partial charge < -0.3 is 10.2 Å². The third-order valence-corrected chi connectivity index (χ3v) is 2.00. The minimum atomic E-state index is -1.49. The monoisotopic (exact) mass is 196 g/mol. The van der Waals surface area contributed by atoms with Crippen LogP contribution in [0.15, 0.2) is 18.2 Å². The normalized spacial score (nSPS) is 14.6. The largest absolute Gasteiger partial charge is 0.508 e. The van der Waals surface area contributed by atoms with Crippen LogP contribution in [0.2, 0.25) is 5.02 Å². The summed E-state index contributed by atoms with van der Waals surface area (Å²) in [5, 5.41) is 19.5. The molecule has 0 bridgehead atoms. The van der Waals surface area contributed by atoms with E-state index in [2.05, 4.69) is 5.92 Å². The zero-order chi connectivity index (χ0) is 10.1. The molecule has 1 aromatic rings. The molecular formula is C10H9ClO2. The van der Waals surface area contributed by atoms with E-state index in [1.807, 2.05) is 0 Å². The van der Waals surface area contributed by atoms with Crippen molar-refractivity contribution < 1.29 is 10.2 Å². The molecule has 2 N–H and O–H groups in total. The standard InChI is InChI=1S/C10H9ClO2/c1-3-10(2,13)8-6-7(11)4-5-9(8)12/h1,4-6,12-13H,2H3. The van der Waals surface area contributed by atoms with E-state index in [0.717, 1.165) is 0 Å². The van der Waals surface area contributed by atoms with E-state index in [4.69, 9.17) is 18.0 Å². The molecule has 0 aliphatic carbocycles. The first-order chi connectivity index (χ1) is 5.97. The summed E-state index contributed by atoms with van der Waals surface area (Å²) in [4.78, 5) is 0. The van der Waals surface area contributed by atoms with E-state index in [1.165, 1.54) is 25.1 Å². The van der Waals surface area contributed by atoms with Crippen molar-refractivity contribution in [1.82, 2.24) is 0 Å². The molecule has 0 aliphatic heterocycles. The SMILES string of the molecule is C#CC(C)(O)c1cc(Cl)ccc1O. The first kappa shape index (κ1) is 9.91. The van der Waals surface area contributed by atoms with Crippen LogP contribution in [0.4, 0.5) is 0 Å². The summed E-state index contributed by atoms with van der Waals surface area (Å²) < 4.78 is 0. The van der Waals surface area contributed by atoms with Gasteiger partial charge in [0.05, 0.1) is 0 Å². The summed E-state index contributed by atoms with van der Waals surface area (Å²) in [6.07, 6.45) is 5.10. The Morgan fingerprint density at radius 1 is 1.54 bits per heavy atom. The number of phenols is 1. The Labute approximate surface area is 81.8 Å². The number of phenolic OH excluding ortho intramolecular Hbond substituents is 1. The zero-order valence-corrected chi connectivity index (χ0v) is 7.84. The van der Waals surface area contributed by atoms with Gasteiger partial charge in [-0.05, 0) is 25.1 Å². The Kier molecular flexibility index (Phi) is 2.51. The van der Waals surface area contributed by atoms with Gasteiger partial charge in [0.25, 0.3) is 0 Å².